The lowest BCUT2D eigenvalue weighted by Crippen LogP contribution is -2.33. The fourth-order valence-electron chi connectivity index (χ4n) is 3.28. The number of amides is 1. The number of aryl methyl sites for hydroxylation is 1. The molecular formula is C23H22F3N3O2. The van der Waals surface area contributed by atoms with Crippen molar-refractivity contribution in [3.63, 3.8) is 0 Å². The zero-order chi connectivity index (χ0) is 22.6. The monoisotopic (exact) mass is 429 g/mol. The summed E-state index contributed by atoms with van der Waals surface area (Å²) in [5, 5.41) is 6.61. The molecule has 0 aliphatic rings. The fourth-order valence-corrected chi connectivity index (χ4v) is 3.28. The summed E-state index contributed by atoms with van der Waals surface area (Å²) in [7, 11) is 0. The SMILES string of the molecule is Cc1cc(=O)c(C(=O)NCCC(C)c2ccccc2)nn1-c1ccccc1C(F)(F)F. The number of para-hydroxylation sites is 1. The Bertz CT molecular complexity index is 1120. The van der Waals surface area contributed by atoms with Crippen molar-refractivity contribution in [1.29, 1.82) is 0 Å². The van der Waals surface area contributed by atoms with Crippen LogP contribution in [0.15, 0.2) is 65.5 Å². The van der Waals surface area contributed by atoms with Gasteiger partial charge in [-0.15, -0.1) is 0 Å². The fraction of sp³-hybridized carbons (Fsp3) is 0.261. The van der Waals surface area contributed by atoms with E-state index in [-0.39, 0.29) is 17.3 Å². The number of nitrogens with one attached hydrogen (secondary N) is 1. The Labute approximate surface area is 177 Å². The van der Waals surface area contributed by atoms with Gasteiger partial charge in [-0.25, -0.2) is 4.68 Å². The van der Waals surface area contributed by atoms with Crippen LogP contribution < -0.4 is 10.7 Å². The standard InChI is InChI=1S/C23H22F3N3O2/c1-15(17-8-4-3-5-9-17)12-13-27-22(31)21-20(30)14-16(2)29(28-21)19-11-7-6-10-18(19)23(24,25)26/h3-11,14-15H,12-13H2,1-2H3,(H,27,31). The number of benzene rings is 2. The van der Waals surface area contributed by atoms with E-state index in [1.807, 2.05) is 37.3 Å². The molecule has 1 N–H and O–H groups in total. The van der Waals surface area contributed by atoms with E-state index in [0.717, 1.165) is 22.4 Å². The van der Waals surface area contributed by atoms with Crippen LogP contribution >= 0.6 is 0 Å². The molecule has 8 heteroatoms. The average Bonchev–Trinajstić information content (AvgIpc) is 2.73. The Kier molecular flexibility index (Phi) is 6.58. The van der Waals surface area contributed by atoms with Crippen molar-refractivity contribution in [3.8, 4) is 5.69 Å². The van der Waals surface area contributed by atoms with Crippen LogP contribution in [-0.4, -0.2) is 22.2 Å². The quantitative estimate of drug-likeness (QED) is 0.628. The second kappa shape index (κ2) is 9.16. The van der Waals surface area contributed by atoms with Crippen LogP contribution in [-0.2, 0) is 6.18 Å². The highest BCUT2D eigenvalue weighted by Gasteiger charge is 2.34. The lowest BCUT2D eigenvalue weighted by Gasteiger charge is -2.17. The molecule has 0 saturated carbocycles. The Morgan fingerprint density at radius 3 is 2.42 bits per heavy atom. The molecule has 1 amide bonds. The predicted octanol–water partition coefficient (Wildman–Crippen LogP) is 4.48. The van der Waals surface area contributed by atoms with Gasteiger partial charge in [-0.1, -0.05) is 49.4 Å². The Morgan fingerprint density at radius 1 is 1.10 bits per heavy atom. The summed E-state index contributed by atoms with van der Waals surface area (Å²) < 4.78 is 41.2. The third kappa shape index (κ3) is 5.20. The van der Waals surface area contributed by atoms with Crippen LogP contribution in [0.3, 0.4) is 0 Å². The maximum absolute atomic E-state index is 13.4. The zero-order valence-electron chi connectivity index (χ0n) is 17.1. The summed E-state index contributed by atoms with van der Waals surface area (Å²) in [6, 6.07) is 15.8. The second-order valence-corrected chi connectivity index (χ2v) is 7.28. The zero-order valence-corrected chi connectivity index (χ0v) is 17.1. The molecule has 1 atom stereocenters. The summed E-state index contributed by atoms with van der Waals surface area (Å²) in [4.78, 5) is 24.9. The predicted molar refractivity (Wildman–Crippen MR) is 111 cm³/mol. The molecule has 0 fully saturated rings. The number of alkyl halides is 3. The summed E-state index contributed by atoms with van der Waals surface area (Å²) in [5.74, 6) is -0.536. The van der Waals surface area contributed by atoms with Gasteiger partial charge in [0.1, 0.15) is 0 Å². The number of halogens is 3. The third-order valence-corrected chi connectivity index (χ3v) is 4.99. The number of hydrogen-bond acceptors (Lipinski definition) is 3. The van der Waals surface area contributed by atoms with Crippen molar-refractivity contribution in [2.75, 3.05) is 6.54 Å². The molecular weight excluding hydrogens is 407 g/mol. The molecule has 0 saturated heterocycles. The van der Waals surface area contributed by atoms with Gasteiger partial charge in [0.05, 0.1) is 11.3 Å². The van der Waals surface area contributed by atoms with E-state index in [2.05, 4.69) is 10.4 Å². The molecule has 2 aromatic carbocycles. The molecule has 31 heavy (non-hydrogen) atoms. The second-order valence-electron chi connectivity index (χ2n) is 7.28. The molecule has 1 unspecified atom stereocenters. The number of carbonyl (C=O) groups excluding carboxylic acids is 1. The topological polar surface area (TPSA) is 64.0 Å². The Morgan fingerprint density at radius 2 is 1.74 bits per heavy atom. The van der Waals surface area contributed by atoms with Crippen LogP contribution in [0, 0.1) is 6.92 Å². The minimum atomic E-state index is -4.61. The summed E-state index contributed by atoms with van der Waals surface area (Å²) >= 11 is 0. The van der Waals surface area contributed by atoms with Crippen LogP contribution in [0.1, 0.15) is 46.6 Å². The van der Waals surface area contributed by atoms with Gasteiger partial charge in [0.15, 0.2) is 5.69 Å². The van der Waals surface area contributed by atoms with E-state index < -0.39 is 28.8 Å². The van der Waals surface area contributed by atoms with Gasteiger partial charge in [-0.2, -0.15) is 18.3 Å². The molecule has 1 aromatic heterocycles. The maximum Gasteiger partial charge on any atom is 0.418 e. The lowest BCUT2D eigenvalue weighted by molar-refractivity contribution is -0.137. The van der Waals surface area contributed by atoms with Gasteiger partial charge in [0.2, 0.25) is 5.43 Å². The summed E-state index contributed by atoms with van der Waals surface area (Å²) in [5.41, 5.74) is -0.939. The van der Waals surface area contributed by atoms with Gasteiger partial charge in [-0.3, -0.25) is 9.59 Å². The molecule has 5 nitrogen and oxygen atoms in total. The van der Waals surface area contributed by atoms with Crippen molar-refractivity contribution in [2.45, 2.75) is 32.4 Å². The van der Waals surface area contributed by atoms with Gasteiger partial charge in [0.25, 0.3) is 5.91 Å². The number of aromatic nitrogens is 2. The first kappa shape index (κ1) is 22.3. The van der Waals surface area contributed by atoms with E-state index in [4.69, 9.17) is 0 Å². The van der Waals surface area contributed by atoms with E-state index in [1.54, 1.807) is 0 Å². The maximum atomic E-state index is 13.4. The van der Waals surface area contributed by atoms with Gasteiger partial charge < -0.3 is 5.32 Å². The average molecular weight is 429 g/mol. The highest BCUT2D eigenvalue weighted by atomic mass is 19.4. The van der Waals surface area contributed by atoms with Crippen LogP contribution in [0.25, 0.3) is 5.69 Å². The van der Waals surface area contributed by atoms with Gasteiger partial charge >= 0.3 is 6.18 Å². The van der Waals surface area contributed by atoms with E-state index in [0.29, 0.717) is 13.0 Å². The number of nitrogens with zero attached hydrogens (tertiary/aromatic N) is 2. The van der Waals surface area contributed by atoms with Gasteiger partial charge in [-0.05, 0) is 37.0 Å². The number of hydrogen-bond donors (Lipinski definition) is 1. The minimum Gasteiger partial charge on any atom is -0.350 e. The smallest absolute Gasteiger partial charge is 0.350 e. The molecule has 0 bridgehead atoms. The van der Waals surface area contributed by atoms with Crippen molar-refractivity contribution in [1.82, 2.24) is 15.1 Å². The van der Waals surface area contributed by atoms with Crippen molar-refractivity contribution in [2.24, 2.45) is 0 Å². The number of rotatable bonds is 6. The lowest BCUT2D eigenvalue weighted by atomic mass is 9.98. The minimum absolute atomic E-state index is 0.183. The normalized spacial score (nSPS) is 12.4. The molecule has 1 heterocycles. The molecule has 3 rings (SSSR count). The van der Waals surface area contributed by atoms with Crippen LogP contribution in [0.4, 0.5) is 13.2 Å². The molecule has 0 aliphatic carbocycles. The summed E-state index contributed by atoms with van der Waals surface area (Å²) in [6.07, 6.45) is -3.98. The molecule has 0 spiro atoms. The Hall–Kier alpha value is -3.42. The molecule has 162 valence electrons. The van der Waals surface area contributed by atoms with E-state index in [1.165, 1.54) is 25.1 Å². The van der Waals surface area contributed by atoms with E-state index in [9.17, 15) is 22.8 Å². The molecule has 0 radical (unpaired) electrons. The van der Waals surface area contributed by atoms with E-state index >= 15 is 0 Å². The van der Waals surface area contributed by atoms with Gasteiger partial charge in [0, 0.05) is 18.3 Å². The van der Waals surface area contributed by atoms with Crippen molar-refractivity contribution in [3.05, 3.63) is 93.4 Å². The highest BCUT2D eigenvalue weighted by molar-refractivity contribution is 5.92. The first-order chi connectivity index (χ1) is 14.7. The molecule has 3 aromatic rings. The first-order valence-corrected chi connectivity index (χ1v) is 9.79. The van der Waals surface area contributed by atoms with Crippen LogP contribution in [0.2, 0.25) is 0 Å². The Balaban J connectivity index is 1.82. The van der Waals surface area contributed by atoms with Crippen molar-refractivity contribution < 1.29 is 18.0 Å². The third-order valence-electron chi connectivity index (χ3n) is 4.99. The molecule has 0 aliphatic heterocycles. The largest absolute Gasteiger partial charge is 0.418 e. The number of carbonyl (C=O) groups is 1. The summed E-state index contributed by atoms with van der Waals surface area (Å²) in [6.45, 7) is 3.78. The van der Waals surface area contributed by atoms with Crippen LogP contribution in [0.5, 0.6) is 0 Å². The highest BCUT2D eigenvalue weighted by Crippen LogP contribution is 2.33. The first-order valence-electron chi connectivity index (χ1n) is 9.79. The van der Waals surface area contributed by atoms with Crippen molar-refractivity contribution >= 4 is 5.91 Å².